The van der Waals surface area contributed by atoms with Crippen LogP contribution in [0.25, 0.3) is 0 Å². The summed E-state index contributed by atoms with van der Waals surface area (Å²) in [4.78, 5) is 1.65. The zero-order chi connectivity index (χ0) is 9.52. The molecule has 0 radical (unpaired) electrons. The number of unbranched alkanes of at least 4 members (excludes halogenated alkanes) is 2. The summed E-state index contributed by atoms with van der Waals surface area (Å²) < 4.78 is 0. The van der Waals surface area contributed by atoms with Gasteiger partial charge >= 0.3 is 0 Å². The van der Waals surface area contributed by atoms with Crippen LogP contribution in [0.2, 0.25) is 0 Å². The van der Waals surface area contributed by atoms with Gasteiger partial charge in [-0.3, -0.25) is 0 Å². The Morgan fingerprint density at radius 1 is 1.31 bits per heavy atom. The van der Waals surface area contributed by atoms with Crippen LogP contribution in [-0.4, -0.2) is 12.3 Å². The lowest BCUT2D eigenvalue weighted by molar-refractivity contribution is 0.669. The number of allylic oxidation sites excluding steroid dienone is 2. The molecule has 0 amide bonds. The Kier molecular flexibility index (Phi) is 5.56. The molecule has 76 valence electrons. The third kappa shape index (κ3) is 3.74. The van der Waals surface area contributed by atoms with Crippen molar-refractivity contribution in [2.75, 3.05) is 12.3 Å². The molecule has 1 nitrogen and oxygen atoms in total. The molecule has 0 fully saturated rings. The van der Waals surface area contributed by atoms with Crippen LogP contribution in [0, 0.1) is 0 Å². The first-order valence-electron chi connectivity index (χ1n) is 5.42. The van der Waals surface area contributed by atoms with Crippen LogP contribution >= 0.6 is 11.8 Å². The van der Waals surface area contributed by atoms with Crippen molar-refractivity contribution in [3.63, 3.8) is 0 Å². The molecule has 2 N–H and O–H groups in total. The van der Waals surface area contributed by atoms with Crippen LogP contribution in [-0.2, 0) is 0 Å². The molecule has 2 heteroatoms. The summed E-state index contributed by atoms with van der Waals surface area (Å²) >= 11 is 1.98. The van der Waals surface area contributed by atoms with E-state index in [4.69, 9.17) is 5.73 Å². The predicted octanol–water partition coefficient (Wildman–Crippen LogP) is 3.31. The average Bonchev–Trinajstić information content (AvgIpc) is 2.11. The molecule has 0 aliphatic heterocycles. The van der Waals surface area contributed by atoms with Gasteiger partial charge in [0.25, 0.3) is 0 Å². The maximum atomic E-state index is 5.48. The van der Waals surface area contributed by atoms with E-state index in [0.29, 0.717) is 0 Å². The zero-order valence-corrected chi connectivity index (χ0v) is 9.46. The fraction of sp³-hybridized carbons (Fsp3) is 0.818. The molecular weight excluding hydrogens is 178 g/mol. The van der Waals surface area contributed by atoms with Crippen LogP contribution in [0.15, 0.2) is 10.5 Å². The predicted molar refractivity (Wildman–Crippen MR) is 61.9 cm³/mol. The van der Waals surface area contributed by atoms with Crippen molar-refractivity contribution in [1.29, 1.82) is 0 Å². The largest absolute Gasteiger partial charge is 0.330 e. The maximum Gasteiger partial charge on any atom is 0.0100 e. The van der Waals surface area contributed by atoms with Gasteiger partial charge in [-0.1, -0.05) is 25.3 Å². The normalized spacial score (nSPS) is 16.2. The minimum Gasteiger partial charge on any atom is -0.330 e. The summed E-state index contributed by atoms with van der Waals surface area (Å²) in [5.41, 5.74) is 7.21. The van der Waals surface area contributed by atoms with Gasteiger partial charge in [0.05, 0.1) is 0 Å². The Morgan fingerprint density at radius 3 is 2.69 bits per heavy atom. The Bertz CT molecular complexity index is 175. The summed E-state index contributed by atoms with van der Waals surface area (Å²) in [7, 11) is 0. The van der Waals surface area contributed by atoms with Crippen molar-refractivity contribution in [3.8, 4) is 0 Å². The van der Waals surface area contributed by atoms with Crippen molar-refractivity contribution in [3.05, 3.63) is 10.5 Å². The van der Waals surface area contributed by atoms with Gasteiger partial charge in [0.1, 0.15) is 0 Å². The zero-order valence-electron chi connectivity index (χ0n) is 8.64. The van der Waals surface area contributed by atoms with Crippen LogP contribution < -0.4 is 5.73 Å². The smallest absolute Gasteiger partial charge is 0.0100 e. The van der Waals surface area contributed by atoms with Gasteiger partial charge in [-0.25, -0.2) is 0 Å². The summed E-state index contributed by atoms with van der Waals surface area (Å²) in [6, 6.07) is 0. The number of thioether (sulfide) groups is 1. The van der Waals surface area contributed by atoms with Crippen LogP contribution in [0.5, 0.6) is 0 Å². The topological polar surface area (TPSA) is 26.0 Å². The molecule has 0 spiro atoms. The highest BCUT2D eigenvalue weighted by Crippen LogP contribution is 2.38. The molecule has 1 aliphatic carbocycles. The second-order valence-electron chi connectivity index (χ2n) is 3.62. The number of nitrogens with two attached hydrogens (primary N) is 1. The minimum atomic E-state index is 0.816. The Morgan fingerprint density at radius 2 is 2.15 bits per heavy atom. The van der Waals surface area contributed by atoms with Gasteiger partial charge in [0.15, 0.2) is 0 Å². The van der Waals surface area contributed by atoms with Gasteiger partial charge in [0, 0.05) is 12.3 Å². The number of hydrogen-bond donors (Lipinski definition) is 1. The summed E-state index contributed by atoms with van der Waals surface area (Å²) in [6.45, 7) is 3.08. The standard InChI is InChI=1S/C11H21NS/c1-2-3-4-5-10-6-7-11(10)13-9-8-12/h2-9,12H2,1H3. The SMILES string of the molecule is CCCCCC1=C(SCCN)CC1. The molecule has 0 heterocycles. The van der Waals surface area contributed by atoms with E-state index >= 15 is 0 Å². The van der Waals surface area contributed by atoms with E-state index in [-0.39, 0.29) is 0 Å². The van der Waals surface area contributed by atoms with E-state index in [2.05, 4.69) is 6.92 Å². The van der Waals surface area contributed by atoms with Gasteiger partial charge in [-0.2, -0.15) is 0 Å². The van der Waals surface area contributed by atoms with E-state index in [9.17, 15) is 0 Å². The summed E-state index contributed by atoms with van der Waals surface area (Å²) in [5.74, 6) is 1.10. The van der Waals surface area contributed by atoms with E-state index in [1.165, 1.54) is 38.5 Å². The van der Waals surface area contributed by atoms with Gasteiger partial charge in [0.2, 0.25) is 0 Å². The Hall–Kier alpha value is 0.0500. The lowest BCUT2D eigenvalue weighted by Gasteiger charge is -2.23. The van der Waals surface area contributed by atoms with Crippen molar-refractivity contribution in [2.45, 2.75) is 45.4 Å². The number of rotatable bonds is 7. The average molecular weight is 199 g/mol. The molecule has 1 rings (SSSR count). The summed E-state index contributed by atoms with van der Waals surface area (Å²) in [6.07, 6.45) is 8.14. The number of hydrogen-bond acceptors (Lipinski definition) is 2. The molecular formula is C11H21NS. The lowest BCUT2D eigenvalue weighted by Crippen LogP contribution is -2.06. The first-order valence-corrected chi connectivity index (χ1v) is 6.40. The van der Waals surface area contributed by atoms with Crippen LogP contribution in [0.4, 0.5) is 0 Å². The van der Waals surface area contributed by atoms with Crippen LogP contribution in [0.3, 0.4) is 0 Å². The van der Waals surface area contributed by atoms with Crippen LogP contribution in [0.1, 0.15) is 45.4 Å². The molecule has 0 aromatic carbocycles. The first kappa shape index (κ1) is 11.1. The van der Waals surface area contributed by atoms with Crippen molar-refractivity contribution < 1.29 is 0 Å². The maximum absolute atomic E-state index is 5.48. The molecule has 0 unspecified atom stereocenters. The van der Waals surface area contributed by atoms with E-state index in [0.717, 1.165) is 12.3 Å². The second kappa shape index (κ2) is 6.50. The molecule has 0 saturated carbocycles. The molecule has 0 bridgehead atoms. The highest BCUT2D eigenvalue weighted by atomic mass is 32.2. The lowest BCUT2D eigenvalue weighted by atomic mass is 9.93. The van der Waals surface area contributed by atoms with Crippen molar-refractivity contribution in [2.24, 2.45) is 5.73 Å². The Balaban J connectivity index is 2.16. The highest BCUT2D eigenvalue weighted by Gasteiger charge is 2.16. The third-order valence-corrected chi connectivity index (χ3v) is 3.81. The molecule has 0 aromatic heterocycles. The molecule has 13 heavy (non-hydrogen) atoms. The van der Waals surface area contributed by atoms with E-state index in [1.807, 2.05) is 11.8 Å². The molecule has 0 aromatic rings. The first-order chi connectivity index (χ1) is 6.38. The molecule has 1 aliphatic rings. The minimum absolute atomic E-state index is 0.816. The van der Waals surface area contributed by atoms with E-state index < -0.39 is 0 Å². The summed E-state index contributed by atoms with van der Waals surface area (Å²) in [5, 5.41) is 0. The highest BCUT2D eigenvalue weighted by molar-refractivity contribution is 8.03. The van der Waals surface area contributed by atoms with Crippen molar-refractivity contribution >= 4 is 11.8 Å². The van der Waals surface area contributed by atoms with Gasteiger partial charge in [-0.15, -0.1) is 11.8 Å². The quantitative estimate of drug-likeness (QED) is 0.637. The van der Waals surface area contributed by atoms with Gasteiger partial charge < -0.3 is 5.73 Å². The third-order valence-electron chi connectivity index (χ3n) is 2.52. The second-order valence-corrected chi connectivity index (χ2v) is 4.81. The molecule has 0 saturated heterocycles. The van der Waals surface area contributed by atoms with Gasteiger partial charge in [-0.05, 0) is 30.6 Å². The fourth-order valence-corrected chi connectivity index (χ4v) is 2.63. The van der Waals surface area contributed by atoms with E-state index in [1.54, 1.807) is 10.5 Å². The Labute approximate surface area is 86.2 Å². The fourth-order valence-electron chi connectivity index (χ4n) is 1.61. The monoisotopic (exact) mass is 199 g/mol. The van der Waals surface area contributed by atoms with Crippen molar-refractivity contribution in [1.82, 2.24) is 0 Å². The molecule has 0 atom stereocenters.